The Morgan fingerprint density at radius 2 is 2.05 bits per heavy atom. The van der Waals surface area contributed by atoms with E-state index in [9.17, 15) is 9.90 Å². The van der Waals surface area contributed by atoms with Crippen LogP contribution in [0.3, 0.4) is 0 Å². The third-order valence-electron chi connectivity index (χ3n) is 3.74. The SMILES string of the molecule is Cn1nc(CC(C)(C)C)cc1NC(=O)C1(O)CCCC1. The lowest BCUT2D eigenvalue weighted by atomic mass is 9.91. The number of nitrogens with one attached hydrogen (secondary N) is 1. The van der Waals surface area contributed by atoms with Crippen LogP contribution in [0.25, 0.3) is 0 Å². The largest absolute Gasteiger partial charge is 0.380 e. The zero-order chi connectivity index (χ0) is 15.0. The predicted octanol–water partition coefficient (Wildman–Crippen LogP) is 2.25. The molecule has 1 aliphatic carbocycles. The fourth-order valence-corrected chi connectivity index (χ4v) is 2.69. The van der Waals surface area contributed by atoms with Gasteiger partial charge in [-0.2, -0.15) is 5.10 Å². The van der Waals surface area contributed by atoms with Crippen molar-refractivity contribution in [1.82, 2.24) is 9.78 Å². The van der Waals surface area contributed by atoms with Gasteiger partial charge in [0.15, 0.2) is 0 Å². The quantitative estimate of drug-likeness (QED) is 0.891. The Labute approximate surface area is 120 Å². The number of hydrogen-bond acceptors (Lipinski definition) is 3. The standard InChI is InChI=1S/C15H25N3O2/c1-14(2,3)10-11-9-12(18(4)17-11)16-13(19)15(20)7-5-6-8-15/h9,20H,5-8,10H2,1-4H3,(H,16,19). The first kappa shape index (κ1) is 15.0. The maximum absolute atomic E-state index is 12.2. The van der Waals surface area contributed by atoms with Gasteiger partial charge < -0.3 is 10.4 Å². The molecule has 0 atom stereocenters. The molecule has 0 bridgehead atoms. The van der Waals surface area contributed by atoms with Gasteiger partial charge in [0, 0.05) is 13.1 Å². The molecule has 1 fully saturated rings. The number of carbonyl (C=O) groups excluding carboxylic acids is 1. The van der Waals surface area contributed by atoms with Crippen LogP contribution in [0.1, 0.15) is 52.1 Å². The molecular formula is C15H25N3O2. The Hall–Kier alpha value is -1.36. The number of nitrogens with zero attached hydrogens (tertiary/aromatic N) is 2. The second-order valence-electron chi connectivity index (χ2n) is 7.07. The molecule has 0 spiro atoms. The summed E-state index contributed by atoms with van der Waals surface area (Å²) in [7, 11) is 1.81. The average molecular weight is 279 g/mol. The van der Waals surface area contributed by atoms with Gasteiger partial charge in [-0.1, -0.05) is 20.8 Å². The molecule has 0 unspecified atom stereocenters. The first-order valence-corrected chi connectivity index (χ1v) is 7.26. The van der Waals surface area contributed by atoms with Gasteiger partial charge in [0.05, 0.1) is 5.69 Å². The highest BCUT2D eigenvalue weighted by molar-refractivity contribution is 5.96. The predicted molar refractivity (Wildman–Crippen MR) is 78.4 cm³/mol. The lowest BCUT2D eigenvalue weighted by Gasteiger charge is -2.20. The highest BCUT2D eigenvalue weighted by Gasteiger charge is 2.39. The average Bonchev–Trinajstić information content (AvgIpc) is 2.85. The molecule has 1 aromatic rings. The zero-order valence-corrected chi connectivity index (χ0v) is 12.9. The van der Waals surface area contributed by atoms with Gasteiger partial charge >= 0.3 is 0 Å². The number of aromatic nitrogens is 2. The van der Waals surface area contributed by atoms with Gasteiger partial charge in [-0.15, -0.1) is 0 Å². The van der Waals surface area contributed by atoms with Crippen molar-refractivity contribution >= 4 is 11.7 Å². The van der Waals surface area contributed by atoms with Crippen molar-refractivity contribution < 1.29 is 9.90 Å². The number of rotatable bonds is 3. The van der Waals surface area contributed by atoms with E-state index in [-0.39, 0.29) is 11.3 Å². The highest BCUT2D eigenvalue weighted by Crippen LogP contribution is 2.30. The van der Waals surface area contributed by atoms with Crippen molar-refractivity contribution in [2.75, 3.05) is 5.32 Å². The van der Waals surface area contributed by atoms with E-state index >= 15 is 0 Å². The second-order valence-corrected chi connectivity index (χ2v) is 7.07. The van der Waals surface area contributed by atoms with Gasteiger partial charge in [-0.05, 0) is 37.5 Å². The third-order valence-corrected chi connectivity index (χ3v) is 3.74. The van der Waals surface area contributed by atoms with E-state index in [1.54, 1.807) is 11.7 Å². The third kappa shape index (κ3) is 3.39. The van der Waals surface area contributed by atoms with Crippen LogP contribution in [0, 0.1) is 5.41 Å². The summed E-state index contributed by atoms with van der Waals surface area (Å²) >= 11 is 0. The van der Waals surface area contributed by atoms with Crippen LogP contribution in [-0.2, 0) is 18.3 Å². The fraction of sp³-hybridized carbons (Fsp3) is 0.733. The molecule has 112 valence electrons. The van der Waals surface area contributed by atoms with Crippen LogP contribution >= 0.6 is 0 Å². The Bertz CT molecular complexity index is 494. The number of hydrogen-bond donors (Lipinski definition) is 2. The maximum atomic E-state index is 12.2. The van der Waals surface area contributed by atoms with Crippen molar-refractivity contribution in [3.05, 3.63) is 11.8 Å². The Balaban J connectivity index is 2.08. The Kier molecular flexibility index (Phi) is 3.91. The van der Waals surface area contributed by atoms with Crippen molar-refractivity contribution in [1.29, 1.82) is 0 Å². The number of anilines is 1. The van der Waals surface area contributed by atoms with Crippen LogP contribution < -0.4 is 5.32 Å². The molecule has 0 saturated heterocycles. The van der Waals surface area contributed by atoms with E-state index in [2.05, 4.69) is 31.2 Å². The Morgan fingerprint density at radius 3 is 2.60 bits per heavy atom. The van der Waals surface area contributed by atoms with E-state index in [0.717, 1.165) is 25.0 Å². The van der Waals surface area contributed by atoms with Crippen LogP contribution in [0.4, 0.5) is 5.82 Å². The summed E-state index contributed by atoms with van der Waals surface area (Å²) in [5.41, 5.74) is -0.0954. The summed E-state index contributed by atoms with van der Waals surface area (Å²) in [5.74, 6) is 0.342. The first-order chi connectivity index (χ1) is 9.20. The molecule has 5 heteroatoms. The molecule has 20 heavy (non-hydrogen) atoms. The molecule has 0 radical (unpaired) electrons. The number of aryl methyl sites for hydroxylation is 1. The summed E-state index contributed by atoms with van der Waals surface area (Å²) in [6.45, 7) is 6.46. The van der Waals surface area contributed by atoms with Crippen LogP contribution in [0.15, 0.2) is 6.07 Å². The molecule has 1 aromatic heterocycles. The monoisotopic (exact) mass is 279 g/mol. The summed E-state index contributed by atoms with van der Waals surface area (Å²) in [6, 6.07) is 1.89. The van der Waals surface area contributed by atoms with Gasteiger partial charge in [0.25, 0.3) is 5.91 Å². The molecule has 1 aliphatic rings. The van der Waals surface area contributed by atoms with E-state index in [0.29, 0.717) is 18.7 Å². The van der Waals surface area contributed by atoms with Gasteiger partial charge in [-0.25, -0.2) is 0 Å². The number of aliphatic hydroxyl groups is 1. The van der Waals surface area contributed by atoms with Gasteiger partial charge in [-0.3, -0.25) is 9.48 Å². The molecule has 1 heterocycles. The molecular weight excluding hydrogens is 254 g/mol. The maximum Gasteiger partial charge on any atom is 0.257 e. The van der Waals surface area contributed by atoms with Crippen LogP contribution in [-0.4, -0.2) is 26.4 Å². The highest BCUT2D eigenvalue weighted by atomic mass is 16.3. The minimum absolute atomic E-state index is 0.152. The molecule has 1 amide bonds. The molecule has 0 aromatic carbocycles. The summed E-state index contributed by atoms with van der Waals surface area (Å²) in [4.78, 5) is 12.2. The fourth-order valence-electron chi connectivity index (χ4n) is 2.69. The second kappa shape index (κ2) is 5.20. The molecule has 2 N–H and O–H groups in total. The first-order valence-electron chi connectivity index (χ1n) is 7.26. The lowest BCUT2D eigenvalue weighted by Crippen LogP contribution is -2.40. The Morgan fingerprint density at radius 1 is 1.45 bits per heavy atom. The number of amides is 1. The lowest BCUT2D eigenvalue weighted by molar-refractivity contribution is -0.133. The minimum atomic E-state index is -1.20. The van der Waals surface area contributed by atoms with Crippen molar-refractivity contribution in [2.24, 2.45) is 12.5 Å². The summed E-state index contributed by atoms with van der Waals surface area (Å²) in [6.07, 6.45) is 3.76. The summed E-state index contributed by atoms with van der Waals surface area (Å²) in [5, 5.41) is 17.5. The van der Waals surface area contributed by atoms with E-state index in [1.165, 1.54) is 0 Å². The van der Waals surface area contributed by atoms with Crippen molar-refractivity contribution in [2.45, 2.75) is 58.5 Å². The zero-order valence-electron chi connectivity index (χ0n) is 12.9. The normalized spacial score (nSPS) is 18.2. The molecule has 1 saturated carbocycles. The molecule has 0 aliphatic heterocycles. The van der Waals surface area contributed by atoms with Crippen LogP contribution in [0.2, 0.25) is 0 Å². The van der Waals surface area contributed by atoms with E-state index in [4.69, 9.17) is 0 Å². The van der Waals surface area contributed by atoms with E-state index < -0.39 is 5.60 Å². The molecule has 2 rings (SSSR count). The molecule has 5 nitrogen and oxygen atoms in total. The topological polar surface area (TPSA) is 67.2 Å². The van der Waals surface area contributed by atoms with E-state index in [1.807, 2.05) is 6.07 Å². The van der Waals surface area contributed by atoms with Gasteiger partial charge in [0.1, 0.15) is 11.4 Å². The van der Waals surface area contributed by atoms with Crippen molar-refractivity contribution in [3.63, 3.8) is 0 Å². The van der Waals surface area contributed by atoms with Gasteiger partial charge in [0.2, 0.25) is 0 Å². The van der Waals surface area contributed by atoms with Crippen molar-refractivity contribution in [3.8, 4) is 0 Å². The smallest absolute Gasteiger partial charge is 0.257 e. The minimum Gasteiger partial charge on any atom is -0.380 e. The number of carbonyl (C=O) groups is 1. The summed E-state index contributed by atoms with van der Waals surface area (Å²) < 4.78 is 1.66. The van der Waals surface area contributed by atoms with Crippen LogP contribution in [0.5, 0.6) is 0 Å².